The Morgan fingerprint density at radius 3 is 1.93 bits per heavy atom. The van der Waals surface area contributed by atoms with E-state index in [4.69, 9.17) is 9.05 Å². The Morgan fingerprint density at radius 2 is 1.60 bits per heavy atom. The molecule has 4 heteroatoms. The number of unbranched alkanes of at least 4 members (excludes halogenated alkanes) is 1. The van der Waals surface area contributed by atoms with Crippen molar-refractivity contribution in [1.29, 1.82) is 0 Å². The van der Waals surface area contributed by atoms with Crippen molar-refractivity contribution >= 4 is 7.60 Å². The van der Waals surface area contributed by atoms with E-state index >= 15 is 0 Å². The SMILES string of the molecule is CCCC#CP(=O)(OC(C)C)OC(C)C. The van der Waals surface area contributed by atoms with Gasteiger partial charge in [-0.15, -0.1) is 0 Å². The van der Waals surface area contributed by atoms with Gasteiger partial charge in [0.1, 0.15) is 0 Å². The molecule has 0 aromatic rings. The van der Waals surface area contributed by atoms with Crippen LogP contribution in [0.3, 0.4) is 0 Å². The second kappa shape index (κ2) is 7.06. The van der Waals surface area contributed by atoms with Gasteiger partial charge >= 0.3 is 7.60 Å². The molecule has 0 saturated heterocycles. The molecule has 0 bridgehead atoms. The maximum atomic E-state index is 12.1. The lowest BCUT2D eigenvalue weighted by atomic mass is 10.4. The maximum absolute atomic E-state index is 12.1. The highest BCUT2D eigenvalue weighted by Crippen LogP contribution is 2.49. The van der Waals surface area contributed by atoms with E-state index in [0.717, 1.165) is 6.42 Å². The minimum atomic E-state index is -3.22. The molecule has 0 aromatic carbocycles. The van der Waals surface area contributed by atoms with Gasteiger partial charge in [0.25, 0.3) is 0 Å². The summed E-state index contributed by atoms with van der Waals surface area (Å²) in [7, 11) is -3.22. The number of hydrogen-bond donors (Lipinski definition) is 0. The fraction of sp³-hybridized carbons (Fsp3) is 0.818. The van der Waals surface area contributed by atoms with E-state index in [2.05, 4.69) is 11.6 Å². The van der Waals surface area contributed by atoms with Gasteiger partial charge in [0.05, 0.1) is 12.2 Å². The van der Waals surface area contributed by atoms with Gasteiger partial charge in [-0.05, 0) is 34.1 Å². The normalized spacial score (nSPS) is 11.7. The molecular formula is C11H21O3P. The van der Waals surface area contributed by atoms with Crippen molar-refractivity contribution in [2.24, 2.45) is 0 Å². The largest absolute Gasteiger partial charge is 0.406 e. The molecule has 0 aliphatic rings. The van der Waals surface area contributed by atoms with Crippen LogP contribution in [0.25, 0.3) is 0 Å². The zero-order chi connectivity index (χ0) is 11.9. The van der Waals surface area contributed by atoms with Crippen molar-refractivity contribution in [3.63, 3.8) is 0 Å². The summed E-state index contributed by atoms with van der Waals surface area (Å²) >= 11 is 0. The van der Waals surface area contributed by atoms with Gasteiger partial charge in [-0.25, -0.2) is 4.57 Å². The minimum absolute atomic E-state index is 0.148. The molecule has 15 heavy (non-hydrogen) atoms. The first-order valence-corrected chi connectivity index (χ1v) is 6.91. The molecule has 88 valence electrons. The summed E-state index contributed by atoms with van der Waals surface area (Å²) in [6.07, 6.45) is 1.36. The molecule has 0 aromatic heterocycles. The first-order valence-electron chi connectivity index (χ1n) is 5.36. The highest BCUT2D eigenvalue weighted by Gasteiger charge is 2.24. The van der Waals surface area contributed by atoms with Gasteiger partial charge in [-0.3, -0.25) is 9.05 Å². The fourth-order valence-corrected chi connectivity index (χ4v) is 2.48. The molecule has 0 radical (unpaired) electrons. The quantitative estimate of drug-likeness (QED) is 0.534. The topological polar surface area (TPSA) is 35.5 Å². The molecule has 0 atom stereocenters. The van der Waals surface area contributed by atoms with Crippen molar-refractivity contribution in [2.75, 3.05) is 0 Å². The van der Waals surface area contributed by atoms with E-state index in [9.17, 15) is 4.57 Å². The van der Waals surface area contributed by atoms with E-state index < -0.39 is 7.60 Å². The second-order valence-corrected chi connectivity index (χ2v) is 5.48. The number of hydrogen-bond acceptors (Lipinski definition) is 3. The van der Waals surface area contributed by atoms with Crippen LogP contribution in [0.5, 0.6) is 0 Å². The average Bonchev–Trinajstić information content (AvgIpc) is 2.00. The lowest BCUT2D eigenvalue weighted by Gasteiger charge is -2.17. The van der Waals surface area contributed by atoms with Crippen molar-refractivity contribution in [3.05, 3.63) is 0 Å². The molecule has 0 spiro atoms. The fourth-order valence-electron chi connectivity index (χ4n) is 0.910. The van der Waals surface area contributed by atoms with E-state index in [1.165, 1.54) is 0 Å². The molecule has 0 N–H and O–H groups in total. The first kappa shape index (κ1) is 14.7. The average molecular weight is 232 g/mol. The molecule has 3 nitrogen and oxygen atoms in total. The summed E-state index contributed by atoms with van der Waals surface area (Å²) in [6.45, 7) is 9.29. The molecule has 0 heterocycles. The van der Waals surface area contributed by atoms with Crippen LogP contribution in [0.4, 0.5) is 0 Å². The van der Waals surface area contributed by atoms with E-state index in [-0.39, 0.29) is 12.2 Å². The molecule has 0 fully saturated rings. The molecule has 0 aliphatic heterocycles. The van der Waals surface area contributed by atoms with Gasteiger partial charge in [0, 0.05) is 12.1 Å². The summed E-state index contributed by atoms with van der Waals surface area (Å²) in [5.74, 6) is 2.82. The summed E-state index contributed by atoms with van der Waals surface area (Å²) in [5.41, 5.74) is 2.62. The summed E-state index contributed by atoms with van der Waals surface area (Å²) in [6, 6.07) is 0. The Kier molecular flexibility index (Phi) is 6.92. The van der Waals surface area contributed by atoms with Crippen LogP contribution in [0, 0.1) is 11.6 Å². The monoisotopic (exact) mass is 232 g/mol. The van der Waals surface area contributed by atoms with Crippen molar-refractivity contribution in [3.8, 4) is 11.6 Å². The second-order valence-electron chi connectivity index (χ2n) is 3.84. The molecule has 0 aliphatic carbocycles. The minimum Gasteiger partial charge on any atom is -0.297 e. The Labute approximate surface area is 93.1 Å². The van der Waals surface area contributed by atoms with Gasteiger partial charge in [0.15, 0.2) is 0 Å². The summed E-state index contributed by atoms with van der Waals surface area (Å²) < 4.78 is 22.6. The zero-order valence-corrected chi connectivity index (χ0v) is 11.1. The maximum Gasteiger partial charge on any atom is 0.406 e. The van der Waals surface area contributed by atoms with Crippen molar-refractivity contribution in [1.82, 2.24) is 0 Å². The van der Waals surface area contributed by atoms with Crippen LogP contribution in [-0.4, -0.2) is 12.2 Å². The van der Waals surface area contributed by atoms with Gasteiger partial charge < -0.3 is 0 Å². The summed E-state index contributed by atoms with van der Waals surface area (Å²) in [4.78, 5) is 0. The highest BCUT2D eigenvalue weighted by molar-refractivity contribution is 7.59. The smallest absolute Gasteiger partial charge is 0.297 e. The standard InChI is InChI=1S/C11H21O3P/c1-6-7-8-9-15(12,13-10(2)3)14-11(4)5/h10-11H,6-7H2,1-5H3. The van der Waals surface area contributed by atoms with Crippen LogP contribution in [0.15, 0.2) is 0 Å². The van der Waals surface area contributed by atoms with Crippen LogP contribution >= 0.6 is 7.60 Å². The summed E-state index contributed by atoms with van der Waals surface area (Å²) in [5, 5.41) is 0. The Morgan fingerprint density at radius 1 is 1.13 bits per heavy atom. The Balaban J connectivity index is 4.57. The zero-order valence-electron chi connectivity index (χ0n) is 10.2. The Hall–Kier alpha value is -0.290. The molecule has 0 saturated carbocycles. The predicted molar refractivity (Wildman–Crippen MR) is 62.7 cm³/mol. The van der Waals surface area contributed by atoms with Crippen molar-refractivity contribution in [2.45, 2.75) is 59.7 Å². The third kappa shape index (κ3) is 7.62. The van der Waals surface area contributed by atoms with Crippen LogP contribution in [0.2, 0.25) is 0 Å². The molecule has 0 amide bonds. The third-order valence-corrected chi connectivity index (χ3v) is 3.12. The lowest BCUT2D eigenvalue weighted by molar-refractivity contribution is 0.151. The van der Waals surface area contributed by atoms with Gasteiger partial charge in [-0.1, -0.05) is 12.8 Å². The van der Waals surface area contributed by atoms with Crippen LogP contribution in [0.1, 0.15) is 47.5 Å². The number of rotatable bonds is 5. The van der Waals surface area contributed by atoms with E-state index in [1.807, 2.05) is 34.6 Å². The highest BCUT2D eigenvalue weighted by atomic mass is 31.2. The first-order chi connectivity index (χ1) is 6.89. The third-order valence-electron chi connectivity index (χ3n) is 1.29. The molecule has 0 rings (SSSR count). The van der Waals surface area contributed by atoms with Crippen LogP contribution < -0.4 is 0 Å². The van der Waals surface area contributed by atoms with E-state index in [0.29, 0.717) is 6.42 Å². The van der Waals surface area contributed by atoms with Crippen molar-refractivity contribution < 1.29 is 13.6 Å². The molecular weight excluding hydrogens is 211 g/mol. The molecule has 0 unspecified atom stereocenters. The van der Waals surface area contributed by atoms with Gasteiger partial charge in [0.2, 0.25) is 0 Å². The van der Waals surface area contributed by atoms with Gasteiger partial charge in [-0.2, -0.15) is 0 Å². The lowest BCUT2D eigenvalue weighted by Crippen LogP contribution is -2.06. The van der Waals surface area contributed by atoms with Crippen LogP contribution in [-0.2, 0) is 13.6 Å². The Bertz CT molecular complexity index is 259. The predicted octanol–water partition coefficient (Wildman–Crippen LogP) is 3.79. The van der Waals surface area contributed by atoms with E-state index in [1.54, 1.807) is 0 Å².